The number of carbonyl (C=O) groups excluding carboxylic acids is 1. The Bertz CT molecular complexity index is 713. The fraction of sp³-hybridized carbons (Fsp3) is 0.471. The number of rotatable bonds is 5. The van der Waals surface area contributed by atoms with Crippen molar-refractivity contribution in [3.63, 3.8) is 0 Å². The van der Waals surface area contributed by atoms with Crippen molar-refractivity contribution < 1.29 is 9.53 Å². The van der Waals surface area contributed by atoms with Crippen LogP contribution in [0.1, 0.15) is 31.1 Å². The highest BCUT2D eigenvalue weighted by molar-refractivity contribution is 5.81. The molecule has 0 unspecified atom stereocenters. The van der Waals surface area contributed by atoms with Crippen molar-refractivity contribution in [2.45, 2.75) is 39.0 Å². The minimum absolute atomic E-state index is 0.0205. The van der Waals surface area contributed by atoms with Gasteiger partial charge in [-0.3, -0.25) is 9.69 Å². The molecule has 0 bridgehead atoms. The summed E-state index contributed by atoms with van der Waals surface area (Å²) in [7, 11) is 1.62. The number of nitrogens with one attached hydrogen (secondary N) is 1. The standard InChI is InChI=1S/C17H23N5O2/c1-12(2)20-16(23)15-10-21(9-14-7-18-11-22(14)15)8-13-5-4-6-19-17(13)24-3/h4-7,11-12,15H,8-10H2,1-3H3,(H,20,23)/t15-/m1/s1. The SMILES string of the molecule is COc1ncccc1CN1Cc2cncn2[C@@H](C(=O)NC(C)C)C1. The summed E-state index contributed by atoms with van der Waals surface area (Å²) in [5.41, 5.74) is 2.05. The number of pyridine rings is 1. The monoisotopic (exact) mass is 329 g/mol. The first-order valence-corrected chi connectivity index (χ1v) is 8.09. The third kappa shape index (κ3) is 3.41. The highest BCUT2D eigenvalue weighted by atomic mass is 16.5. The molecule has 128 valence electrons. The molecule has 2 aromatic rings. The summed E-state index contributed by atoms with van der Waals surface area (Å²) in [6, 6.07) is 3.73. The second kappa shape index (κ2) is 7.00. The molecule has 0 aromatic carbocycles. The maximum Gasteiger partial charge on any atom is 0.244 e. The highest BCUT2D eigenvalue weighted by Crippen LogP contribution is 2.25. The number of methoxy groups -OCH3 is 1. The van der Waals surface area contributed by atoms with Crippen LogP contribution < -0.4 is 10.1 Å². The van der Waals surface area contributed by atoms with Crippen molar-refractivity contribution in [1.82, 2.24) is 24.8 Å². The summed E-state index contributed by atoms with van der Waals surface area (Å²) in [6.07, 6.45) is 5.27. The summed E-state index contributed by atoms with van der Waals surface area (Å²) in [4.78, 5) is 23.2. The fourth-order valence-electron chi connectivity index (χ4n) is 3.04. The minimum Gasteiger partial charge on any atom is -0.481 e. The lowest BCUT2D eigenvalue weighted by Gasteiger charge is -2.34. The predicted molar refractivity (Wildman–Crippen MR) is 89.4 cm³/mol. The number of aromatic nitrogens is 3. The zero-order valence-electron chi connectivity index (χ0n) is 14.3. The molecule has 1 N–H and O–H groups in total. The molecule has 0 aliphatic carbocycles. The topological polar surface area (TPSA) is 72.3 Å². The van der Waals surface area contributed by atoms with Gasteiger partial charge in [0.15, 0.2) is 0 Å². The van der Waals surface area contributed by atoms with E-state index in [1.165, 1.54) is 0 Å². The second-order valence-electron chi connectivity index (χ2n) is 6.31. The smallest absolute Gasteiger partial charge is 0.244 e. The van der Waals surface area contributed by atoms with Crippen molar-refractivity contribution in [1.29, 1.82) is 0 Å². The third-order valence-electron chi connectivity index (χ3n) is 4.07. The molecule has 7 heteroatoms. The Morgan fingerprint density at radius 1 is 1.50 bits per heavy atom. The molecule has 1 aliphatic rings. The lowest BCUT2D eigenvalue weighted by Crippen LogP contribution is -2.45. The molecule has 1 amide bonds. The van der Waals surface area contributed by atoms with Gasteiger partial charge in [-0.05, 0) is 19.9 Å². The molecule has 3 rings (SSSR count). The van der Waals surface area contributed by atoms with Crippen LogP contribution in [0.3, 0.4) is 0 Å². The van der Waals surface area contributed by atoms with Gasteiger partial charge in [0.05, 0.1) is 19.1 Å². The lowest BCUT2D eigenvalue weighted by atomic mass is 10.1. The molecule has 0 saturated carbocycles. The van der Waals surface area contributed by atoms with Gasteiger partial charge in [-0.25, -0.2) is 9.97 Å². The maximum atomic E-state index is 12.6. The van der Waals surface area contributed by atoms with Crippen LogP contribution in [0, 0.1) is 0 Å². The Morgan fingerprint density at radius 2 is 2.33 bits per heavy atom. The molecular weight excluding hydrogens is 306 g/mol. The van der Waals surface area contributed by atoms with Crippen molar-refractivity contribution >= 4 is 5.91 Å². The van der Waals surface area contributed by atoms with Crippen LogP contribution in [0.15, 0.2) is 30.9 Å². The average molecular weight is 329 g/mol. The van der Waals surface area contributed by atoms with Crippen LogP contribution in [0.5, 0.6) is 5.88 Å². The number of imidazole rings is 1. The van der Waals surface area contributed by atoms with Crippen molar-refractivity contribution in [2.75, 3.05) is 13.7 Å². The first-order chi connectivity index (χ1) is 11.6. The van der Waals surface area contributed by atoms with Crippen LogP contribution in [-0.4, -0.2) is 45.0 Å². The quantitative estimate of drug-likeness (QED) is 0.897. The minimum atomic E-state index is -0.277. The Kier molecular flexibility index (Phi) is 4.80. The van der Waals surface area contributed by atoms with Crippen molar-refractivity contribution in [3.05, 3.63) is 42.1 Å². The van der Waals surface area contributed by atoms with E-state index in [4.69, 9.17) is 4.74 Å². The second-order valence-corrected chi connectivity index (χ2v) is 6.31. The molecule has 0 spiro atoms. The molecule has 0 saturated heterocycles. The largest absolute Gasteiger partial charge is 0.481 e. The molecule has 0 radical (unpaired) electrons. The first-order valence-electron chi connectivity index (χ1n) is 8.09. The van der Waals surface area contributed by atoms with Gasteiger partial charge in [-0.15, -0.1) is 0 Å². The molecule has 7 nitrogen and oxygen atoms in total. The Morgan fingerprint density at radius 3 is 3.08 bits per heavy atom. The Balaban J connectivity index is 1.81. The van der Waals surface area contributed by atoms with Crippen LogP contribution in [0.4, 0.5) is 0 Å². The van der Waals surface area contributed by atoms with E-state index in [9.17, 15) is 4.79 Å². The van der Waals surface area contributed by atoms with Gasteiger partial charge in [0.25, 0.3) is 0 Å². The van der Waals surface area contributed by atoms with E-state index in [1.807, 2.05) is 36.7 Å². The molecule has 3 heterocycles. The van der Waals surface area contributed by atoms with E-state index in [2.05, 4.69) is 20.2 Å². The van der Waals surface area contributed by atoms with E-state index in [0.717, 1.165) is 17.8 Å². The summed E-state index contributed by atoms with van der Waals surface area (Å²) < 4.78 is 7.30. The zero-order chi connectivity index (χ0) is 17.1. The van der Waals surface area contributed by atoms with Crippen LogP contribution in [0.25, 0.3) is 0 Å². The normalized spacial score (nSPS) is 17.6. The van der Waals surface area contributed by atoms with Crippen molar-refractivity contribution in [3.8, 4) is 5.88 Å². The van der Waals surface area contributed by atoms with E-state index >= 15 is 0 Å². The summed E-state index contributed by atoms with van der Waals surface area (Å²) >= 11 is 0. The fourth-order valence-corrected chi connectivity index (χ4v) is 3.04. The van der Waals surface area contributed by atoms with E-state index in [0.29, 0.717) is 19.0 Å². The highest BCUT2D eigenvalue weighted by Gasteiger charge is 2.30. The number of carbonyl (C=O) groups is 1. The average Bonchev–Trinajstić information content (AvgIpc) is 3.02. The summed E-state index contributed by atoms with van der Waals surface area (Å²) in [5, 5.41) is 3.00. The molecule has 24 heavy (non-hydrogen) atoms. The van der Waals surface area contributed by atoms with Crippen molar-refractivity contribution in [2.24, 2.45) is 0 Å². The third-order valence-corrected chi connectivity index (χ3v) is 4.07. The van der Waals surface area contributed by atoms with Gasteiger partial charge in [-0.2, -0.15) is 0 Å². The molecule has 1 atom stereocenters. The number of ether oxygens (including phenoxy) is 1. The maximum absolute atomic E-state index is 12.6. The van der Waals surface area contributed by atoms with Gasteiger partial charge in [0.1, 0.15) is 6.04 Å². The van der Waals surface area contributed by atoms with Gasteiger partial charge in [-0.1, -0.05) is 6.07 Å². The molecule has 2 aromatic heterocycles. The number of hydrogen-bond acceptors (Lipinski definition) is 5. The number of amides is 1. The number of hydrogen-bond donors (Lipinski definition) is 1. The van der Waals surface area contributed by atoms with E-state index in [-0.39, 0.29) is 18.0 Å². The Labute approximate surface area is 141 Å². The number of nitrogens with zero attached hydrogens (tertiary/aromatic N) is 4. The Hall–Kier alpha value is -2.41. The van der Waals surface area contributed by atoms with Crippen LogP contribution >= 0.6 is 0 Å². The predicted octanol–water partition coefficient (Wildman–Crippen LogP) is 1.37. The van der Waals surface area contributed by atoms with Gasteiger partial charge < -0.3 is 14.6 Å². The van der Waals surface area contributed by atoms with Gasteiger partial charge >= 0.3 is 0 Å². The lowest BCUT2D eigenvalue weighted by molar-refractivity contribution is -0.126. The number of fused-ring (bicyclic) bond motifs is 1. The van der Waals surface area contributed by atoms with E-state index < -0.39 is 0 Å². The zero-order valence-corrected chi connectivity index (χ0v) is 14.3. The first kappa shape index (κ1) is 16.4. The van der Waals surface area contributed by atoms with Crippen LogP contribution in [0.2, 0.25) is 0 Å². The van der Waals surface area contributed by atoms with Gasteiger partial charge in [0.2, 0.25) is 11.8 Å². The van der Waals surface area contributed by atoms with Crippen LogP contribution in [-0.2, 0) is 17.9 Å². The molecule has 1 aliphatic heterocycles. The van der Waals surface area contributed by atoms with Gasteiger partial charge in [0, 0.05) is 43.6 Å². The molecular formula is C17H23N5O2. The van der Waals surface area contributed by atoms with E-state index in [1.54, 1.807) is 19.6 Å². The summed E-state index contributed by atoms with van der Waals surface area (Å²) in [5.74, 6) is 0.645. The molecule has 0 fully saturated rings. The summed E-state index contributed by atoms with van der Waals surface area (Å²) in [6.45, 7) is 5.97.